The molecule has 0 fully saturated rings. The second kappa shape index (κ2) is 11.8. The predicted molar refractivity (Wildman–Crippen MR) is 226 cm³/mol. The summed E-state index contributed by atoms with van der Waals surface area (Å²) < 4.78 is 4.88. The Morgan fingerprint density at radius 2 is 1.02 bits per heavy atom. The van der Waals surface area contributed by atoms with E-state index in [1.54, 1.807) is 0 Å². The summed E-state index contributed by atoms with van der Waals surface area (Å²) >= 11 is 0. The Hall–Kier alpha value is -6.38. The molecule has 0 N–H and O–H groups in total. The number of nitrogens with zero attached hydrogens (tertiary/aromatic N) is 2. The molecule has 9 aromatic rings. The number of fused-ring (bicyclic) bond motifs is 8. The zero-order valence-corrected chi connectivity index (χ0v) is 29.8. The molecule has 0 saturated carbocycles. The van der Waals surface area contributed by atoms with Gasteiger partial charge in [0.1, 0.15) is 0 Å². The average molecular weight is 679 g/mol. The van der Waals surface area contributed by atoms with Crippen LogP contribution in [-0.4, -0.2) is 9.13 Å². The lowest BCUT2D eigenvalue weighted by Gasteiger charge is -2.20. The number of rotatable bonds is 4. The first-order valence-electron chi connectivity index (χ1n) is 18.9. The van der Waals surface area contributed by atoms with Crippen molar-refractivity contribution in [2.24, 2.45) is 0 Å². The van der Waals surface area contributed by atoms with Gasteiger partial charge in [-0.15, -0.1) is 0 Å². The van der Waals surface area contributed by atoms with Crippen LogP contribution in [0.2, 0.25) is 0 Å². The first-order valence-corrected chi connectivity index (χ1v) is 18.9. The standard InChI is InChI=1S/C51H38N2/c1-33-9-8-12-37-22-26-42(32-45(33)37)53-49-16-7-5-14-44(49)47-31-40(24-28-51(47)53)36-19-17-35(18-20-36)39-23-27-50-46(30-39)43-13-4-6-15-48(43)52(50)41-25-21-34-10-2-3-11-38(34)29-41/h2-8,10-17,19,21-33H,9,18,20H2,1H3. The van der Waals surface area contributed by atoms with E-state index in [9.17, 15) is 0 Å². The molecule has 1 unspecified atom stereocenters. The lowest BCUT2D eigenvalue weighted by Crippen LogP contribution is -2.02. The van der Waals surface area contributed by atoms with E-state index in [0.717, 1.165) is 19.3 Å². The third kappa shape index (κ3) is 4.79. The van der Waals surface area contributed by atoms with Crippen LogP contribution in [-0.2, 0) is 0 Å². The van der Waals surface area contributed by atoms with E-state index in [4.69, 9.17) is 0 Å². The predicted octanol–water partition coefficient (Wildman–Crippen LogP) is 13.8. The van der Waals surface area contributed by atoms with Crippen molar-refractivity contribution in [3.63, 3.8) is 0 Å². The molecule has 0 amide bonds. The minimum atomic E-state index is 0.531. The Morgan fingerprint density at radius 1 is 0.472 bits per heavy atom. The minimum Gasteiger partial charge on any atom is -0.309 e. The highest BCUT2D eigenvalue weighted by atomic mass is 15.0. The van der Waals surface area contributed by atoms with Gasteiger partial charge in [-0.05, 0) is 130 Å². The van der Waals surface area contributed by atoms with Crippen LogP contribution in [0.3, 0.4) is 0 Å². The van der Waals surface area contributed by atoms with Crippen LogP contribution in [0.25, 0.3) is 83.0 Å². The van der Waals surface area contributed by atoms with Crippen molar-refractivity contribution in [3.8, 4) is 11.4 Å². The van der Waals surface area contributed by atoms with E-state index < -0.39 is 0 Å². The minimum absolute atomic E-state index is 0.531. The van der Waals surface area contributed by atoms with Gasteiger partial charge in [0.2, 0.25) is 0 Å². The van der Waals surface area contributed by atoms with Gasteiger partial charge in [0.15, 0.2) is 0 Å². The maximum Gasteiger partial charge on any atom is 0.0541 e. The fourth-order valence-corrected chi connectivity index (χ4v) is 9.14. The molecule has 53 heavy (non-hydrogen) atoms. The van der Waals surface area contributed by atoms with Gasteiger partial charge in [0.25, 0.3) is 0 Å². The van der Waals surface area contributed by atoms with Crippen LogP contribution < -0.4 is 0 Å². The third-order valence-corrected chi connectivity index (χ3v) is 11.9. The Labute approximate surface area is 309 Å². The van der Waals surface area contributed by atoms with Crippen molar-refractivity contribution in [1.29, 1.82) is 0 Å². The highest BCUT2D eigenvalue weighted by Crippen LogP contribution is 2.40. The first-order chi connectivity index (χ1) is 26.2. The van der Waals surface area contributed by atoms with Crippen molar-refractivity contribution >= 4 is 71.6 Å². The summed E-state index contributed by atoms with van der Waals surface area (Å²) in [5, 5.41) is 7.73. The Kier molecular flexibility index (Phi) is 6.76. The van der Waals surface area contributed by atoms with Crippen LogP contribution >= 0.6 is 0 Å². The molecule has 0 bridgehead atoms. The largest absolute Gasteiger partial charge is 0.309 e. The van der Waals surface area contributed by atoms with Gasteiger partial charge in [-0.1, -0.05) is 116 Å². The summed E-state index contributed by atoms with van der Waals surface area (Å²) in [6.07, 6.45) is 12.4. The lowest BCUT2D eigenvalue weighted by atomic mass is 9.88. The van der Waals surface area contributed by atoms with Gasteiger partial charge in [-0.25, -0.2) is 0 Å². The van der Waals surface area contributed by atoms with Gasteiger partial charge < -0.3 is 9.13 Å². The van der Waals surface area contributed by atoms with Crippen LogP contribution in [0.5, 0.6) is 0 Å². The number of hydrogen-bond donors (Lipinski definition) is 0. The van der Waals surface area contributed by atoms with Crippen molar-refractivity contribution in [2.45, 2.75) is 32.1 Å². The number of para-hydroxylation sites is 2. The zero-order chi connectivity index (χ0) is 35.0. The molecule has 0 saturated heterocycles. The van der Waals surface area contributed by atoms with Gasteiger partial charge in [0.05, 0.1) is 22.1 Å². The molecule has 2 nitrogen and oxygen atoms in total. The topological polar surface area (TPSA) is 9.86 Å². The second-order valence-corrected chi connectivity index (χ2v) is 14.9. The fourth-order valence-electron chi connectivity index (χ4n) is 9.14. The highest BCUT2D eigenvalue weighted by Gasteiger charge is 2.19. The van der Waals surface area contributed by atoms with Crippen LogP contribution in [0.4, 0.5) is 0 Å². The maximum absolute atomic E-state index is 2.46. The molecule has 252 valence electrons. The summed E-state index contributed by atoms with van der Waals surface area (Å²) in [5.74, 6) is 0.531. The zero-order valence-electron chi connectivity index (χ0n) is 29.8. The molecule has 2 aromatic heterocycles. The van der Waals surface area contributed by atoms with Crippen molar-refractivity contribution in [2.75, 3.05) is 0 Å². The van der Waals surface area contributed by atoms with Crippen molar-refractivity contribution < 1.29 is 0 Å². The molecular formula is C51H38N2. The lowest BCUT2D eigenvalue weighted by molar-refractivity contribution is 0.770. The van der Waals surface area contributed by atoms with Gasteiger partial charge in [-0.2, -0.15) is 0 Å². The molecule has 0 aliphatic heterocycles. The molecule has 1 atom stereocenters. The molecule has 0 radical (unpaired) electrons. The highest BCUT2D eigenvalue weighted by molar-refractivity contribution is 6.11. The summed E-state index contributed by atoms with van der Waals surface area (Å²) in [6, 6.07) is 54.3. The monoisotopic (exact) mass is 678 g/mol. The molecule has 2 heteroatoms. The molecule has 11 rings (SSSR count). The van der Waals surface area contributed by atoms with Gasteiger partial charge in [-0.3, -0.25) is 0 Å². The first kappa shape index (κ1) is 30.3. The number of allylic oxidation sites excluding steroid dienone is 5. The average Bonchev–Trinajstić information content (AvgIpc) is 3.73. The Balaban J connectivity index is 0.970. The van der Waals surface area contributed by atoms with Gasteiger partial charge in [0, 0.05) is 32.9 Å². The van der Waals surface area contributed by atoms with Gasteiger partial charge >= 0.3 is 0 Å². The Bertz CT molecular complexity index is 3050. The number of aromatic nitrogens is 2. The van der Waals surface area contributed by atoms with E-state index in [1.807, 2.05) is 0 Å². The van der Waals surface area contributed by atoms with E-state index >= 15 is 0 Å². The van der Waals surface area contributed by atoms with Crippen molar-refractivity contribution in [1.82, 2.24) is 9.13 Å². The van der Waals surface area contributed by atoms with Crippen LogP contribution in [0, 0.1) is 0 Å². The van der Waals surface area contributed by atoms with Crippen molar-refractivity contribution in [3.05, 3.63) is 186 Å². The third-order valence-electron chi connectivity index (χ3n) is 11.9. The SMILES string of the molecule is CC1CC=Cc2ccc(-n3c4ccccc4c4cc(C5=CC=C(c6ccc7c(c6)c6ccccc6n7-c6ccc7ccccc7c6)CC5)ccc43)cc21. The molecule has 0 spiro atoms. The van der Waals surface area contributed by atoms with E-state index in [-0.39, 0.29) is 0 Å². The number of benzene rings is 7. The summed E-state index contributed by atoms with van der Waals surface area (Å²) in [4.78, 5) is 0. The normalized spacial score (nSPS) is 15.8. The Morgan fingerprint density at radius 3 is 1.66 bits per heavy atom. The second-order valence-electron chi connectivity index (χ2n) is 14.9. The van der Waals surface area contributed by atoms with E-state index in [0.29, 0.717) is 5.92 Å². The maximum atomic E-state index is 2.46. The quantitative estimate of drug-likeness (QED) is 0.175. The molecule has 2 heterocycles. The van der Waals surface area contributed by atoms with E-state index in [2.05, 4.69) is 186 Å². The summed E-state index contributed by atoms with van der Waals surface area (Å²) in [5.41, 5.74) is 15.6. The summed E-state index contributed by atoms with van der Waals surface area (Å²) in [7, 11) is 0. The van der Waals surface area contributed by atoms with Crippen LogP contribution in [0.15, 0.2) is 164 Å². The van der Waals surface area contributed by atoms with Crippen LogP contribution in [0.1, 0.15) is 54.4 Å². The molecule has 2 aliphatic rings. The molecule has 7 aromatic carbocycles. The fraction of sp³-hybridized carbons (Fsp3) is 0.0980. The smallest absolute Gasteiger partial charge is 0.0541 e. The summed E-state index contributed by atoms with van der Waals surface area (Å²) in [6.45, 7) is 2.34. The molecular weight excluding hydrogens is 641 g/mol. The molecule has 2 aliphatic carbocycles. The number of hydrogen-bond acceptors (Lipinski definition) is 0. The van der Waals surface area contributed by atoms with E-state index in [1.165, 1.54) is 99.2 Å².